The molecule has 0 atom stereocenters. The van der Waals surface area contributed by atoms with E-state index in [1.807, 2.05) is 17.8 Å². The lowest BCUT2D eigenvalue weighted by Gasteiger charge is -2.08. The molecule has 0 aliphatic heterocycles. The molecule has 88 valence electrons. The number of nitrogens with zero attached hydrogens (tertiary/aromatic N) is 1. The topological polar surface area (TPSA) is 24.9 Å². The maximum absolute atomic E-state index is 4.58. The van der Waals surface area contributed by atoms with Crippen molar-refractivity contribution in [3.8, 4) is 0 Å². The van der Waals surface area contributed by atoms with Gasteiger partial charge in [0.15, 0.2) is 0 Å². The number of rotatable bonds is 5. The molecule has 1 aromatic heterocycles. The first-order valence-electron chi connectivity index (χ1n) is 6.22. The monoisotopic (exact) mass is 236 g/mol. The van der Waals surface area contributed by atoms with Crippen molar-refractivity contribution in [1.29, 1.82) is 0 Å². The van der Waals surface area contributed by atoms with E-state index >= 15 is 0 Å². The smallest absolute Gasteiger partial charge is 0.127 e. The van der Waals surface area contributed by atoms with E-state index < -0.39 is 0 Å². The summed E-state index contributed by atoms with van der Waals surface area (Å²) in [5.41, 5.74) is 0. The molecule has 1 aliphatic rings. The Kier molecular flexibility index (Phi) is 4.52. The molecule has 1 aromatic rings. The molecule has 0 amide bonds. The molecule has 0 radical (unpaired) electrons. The molecule has 3 heteroatoms. The van der Waals surface area contributed by atoms with Crippen LogP contribution in [0.2, 0.25) is 0 Å². The van der Waals surface area contributed by atoms with Crippen molar-refractivity contribution in [1.82, 2.24) is 4.98 Å². The summed E-state index contributed by atoms with van der Waals surface area (Å²) in [7, 11) is 0. The molecule has 0 spiro atoms. The summed E-state index contributed by atoms with van der Waals surface area (Å²) >= 11 is 1.91. The third-order valence-electron chi connectivity index (χ3n) is 3.02. The second kappa shape index (κ2) is 6.14. The molecule has 1 saturated carbocycles. The van der Waals surface area contributed by atoms with E-state index in [0.29, 0.717) is 0 Å². The lowest BCUT2D eigenvalue weighted by molar-refractivity contribution is 0.623. The van der Waals surface area contributed by atoms with Gasteiger partial charge in [-0.05, 0) is 37.8 Å². The van der Waals surface area contributed by atoms with Crippen LogP contribution in [0.3, 0.4) is 0 Å². The summed E-state index contributed by atoms with van der Waals surface area (Å²) in [5.74, 6) is 3.16. The zero-order chi connectivity index (χ0) is 11.2. The molecule has 0 unspecified atom stereocenters. The maximum atomic E-state index is 4.58. The first kappa shape index (κ1) is 11.8. The van der Waals surface area contributed by atoms with Crippen LogP contribution in [0, 0.1) is 5.92 Å². The van der Waals surface area contributed by atoms with Gasteiger partial charge in [0.05, 0.1) is 5.03 Å². The Bertz CT molecular complexity index is 321. The maximum Gasteiger partial charge on any atom is 0.127 e. The fourth-order valence-electron chi connectivity index (χ4n) is 2.16. The third-order valence-corrected chi connectivity index (χ3v) is 4.18. The Morgan fingerprint density at radius 3 is 2.94 bits per heavy atom. The number of aromatic nitrogens is 1. The average Bonchev–Trinajstić information content (AvgIpc) is 2.80. The van der Waals surface area contributed by atoms with E-state index in [4.69, 9.17) is 0 Å². The van der Waals surface area contributed by atoms with Crippen molar-refractivity contribution >= 4 is 17.6 Å². The molecule has 1 aliphatic carbocycles. The molecule has 1 fully saturated rings. The van der Waals surface area contributed by atoms with E-state index in [9.17, 15) is 0 Å². The largest absolute Gasteiger partial charge is 0.370 e. The lowest BCUT2D eigenvalue weighted by atomic mass is 10.1. The number of hydrogen-bond acceptors (Lipinski definition) is 3. The third kappa shape index (κ3) is 3.41. The van der Waals surface area contributed by atoms with Crippen molar-refractivity contribution in [3.63, 3.8) is 0 Å². The van der Waals surface area contributed by atoms with Crippen LogP contribution < -0.4 is 5.32 Å². The number of pyridine rings is 1. The van der Waals surface area contributed by atoms with Crippen LogP contribution in [0.1, 0.15) is 32.6 Å². The van der Waals surface area contributed by atoms with E-state index in [-0.39, 0.29) is 0 Å². The van der Waals surface area contributed by atoms with Crippen LogP contribution in [-0.2, 0) is 0 Å². The highest BCUT2D eigenvalue weighted by atomic mass is 32.2. The highest BCUT2D eigenvalue weighted by Gasteiger charge is 2.15. The summed E-state index contributed by atoms with van der Waals surface area (Å²) in [6, 6.07) is 6.23. The van der Waals surface area contributed by atoms with Gasteiger partial charge in [0.25, 0.3) is 0 Å². The highest BCUT2D eigenvalue weighted by molar-refractivity contribution is 7.99. The molecule has 1 heterocycles. The number of thioether (sulfide) groups is 1. The van der Waals surface area contributed by atoms with Gasteiger partial charge in [-0.25, -0.2) is 4.98 Å². The minimum absolute atomic E-state index is 0.926. The molecule has 0 saturated heterocycles. The summed E-state index contributed by atoms with van der Waals surface area (Å²) in [6.07, 6.45) is 5.69. The minimum atomic E-state index is 0.926. The van der Waals surface area contributed by atoms with Crippen LogP contribution >= 0.6 is 11.8 Å². The standard InChI is InChI=1S/C13H20N2S/c1-2-14-12-8-5-9-13(15-12)16-10-11-6-3-4-7-11/h5,8-9,11H,2-4,6-7,10H2,1H3,(H,14,15). The Labute approximate surface area is 102 Å². The van der Waals surface area contributed by atoms with Gasteiger partial charge in [-0.1, -0.05) is 18.9 Å². The second-order valence-electron chi connectivity index (χ2n) is 4.35. The van der Waals surface area contributed by atoms with Crippen LogP contribution in [0.4, 0.5) is 5.82 Å². The summed E-state index contributed by atoms with van der Waals surface area (Å²) in [6.45, 7) is 3.03. The van der Waals surface area contributed by atoms with Gasteiger partial charge in [-0.2, -0.15) is 0 Å². The first-order chi connectivity index (χ1) is 7.88. The molecule has 1 N–H and O–H groups in total. The van der Waals surface area contributed by atoms with Gasteiger partial charge >= 0.3 is 0 Å². The van der Waals surface area contributed by atoms with E-state index in [2.05, 4.69) is 29.4 Å². The molecular weight excluding hydrogens is 216 g/mol. The number of hydrogen-bond donors (Lipinski definition) is 1. The van der Waals surface area contributed by atoms with Crippen LogP contribution in [-0.4, -0.2) is 17.3 Å². The Hall–Kier alpha value is -0.700. The SMILES string of the molecule is CCNc1cccc(SCC2CCCC2)n1. The fourth-order valence-corrected chi connectivity index (χ4v) is 3.23. The second-order valence-corrected chi connectivity index (χ2v) is 5.39. The van der Waals surface area contributed by atoms with Crippen LogP contribution in [0.25, 0.3) is 0 Å². The first-order valence-corrected chi connectivity index (χ1v) is 7.21. The summed E-state index contributed by atoms with van der Waals surface area (Å²) < 4.78 is 0. The molecule has 0 bridgehead atoms. The van der Waals surface area contributed by atoms with Gasteiger partial charge in [-0.15, -0.1) is 11.8 Å². The van der Waals surface area contributed by atoms with E-state index in [0.717, 1.165) is 23.3 Å². The van der Waals surface area contributed by atoms with E-state index in [1.54, 1.807) is 0 Å². The predicted molar refractivity (Wildman–Crippen MR) is 71.1 cm³/mol. The predicted octanol–water partition coefficient (Wildman–Crippen LogP) is 3.80. The van der Waals surface area contributed by atoms with Gasteiger partial charge in [0, 0.05) is 12.3 Å². The summed E-state index contributed by atoms with van der Waals surface area (Å²) in [5, 5.41) is 4.41. The normalized spacial score (nSPS) is 16.6. The molecule has 2 nitrogen and oxygen atoms in total. The van der Waals surface area contributed by atoms with Gasteiger partial charge < -0.3 is 5.32 Å². The summed E-state index contributed by atoms with van der Waals surface area (Å²) in [4.78, 5) is 4.58. The average molecular weight is 236 g/mol. The van der Waals surface area contributed by atoms with Crippen molar-refractivity contribution in [3.05, 3.63) is 18.2 Å². The highest BCUT2D eigenvalue weighted by Crippen LogP contribution is 2.30. The van der Waals surface area contributed by atoms with E-state index in [1.165, 1.54) is 31.4 Å². The van der Waals surface area contributed by atoms with Gasteiger partial charge in [0.2, 0.25) is 0 Å². The lowest BCUT2D eigenvalue weighted by Crippen LogP contribution is -2.00. The van der Waals surface area contributed by atoms with Gasteiger partial charge in [-0.3, -0.25) is 0 Å². The fraction of sp³-hybridized carbons (Fsp3) is 0.615. The zero-order valence-corrected chi connectivity index (χ0v) is 10.7. The van der Waals surface area contributed by atoms with Crippen LogP contribution in [0.15, 0.2) is 23.2 Å². The zero-order valence-electron chi connectivity index (χ0n) is 9.91. The quantitative estimate of drug-likeness (QED) is 0.787. The minimum Gasteiger partial charge on any atom is -0.370 e. The molecule has 0 aromatic carbocycles. The van der Waals surface area contributed by atoms with Gasteiger partial charge in [0.1, 0.15) is 5.82 Å². The molecule has 2 rings (SSSR count). The number of nitrogens with one attached hydrogen (secondary N) is 1. The van der Waals surface area contributed by atoms with Crippen LogP contribution in [0.5, 0.6) is 0 Å². The Balaban J connectivity index is 1.85. The number of anilines is 1. The van der Waals surface area contributed by atoms with Crippen molar-refractivity contribution in [2.24, 2.45) is 5.92 Å². The van der Waals surface area contributed by atoms with Crippen molar-refractivity contribution < 1.29 is 0 Å². The van der Waals surface area contributed by atoms with Crippen molar-refractivity contribution in [2.75, 3.05) is 17.6 Å². The Morgan fingerprint density at radius 2 is 2.19 bits per heavy atom. The van der Waals surface area contributed by atoms with Crippen molar-refractivity contribution in [2.45, 2.75) is 37.6 Å². The Morgan fingerprint density at radius 1 is 1.38 bits per heavy atom. The molecule has 16 heavy (non-hydrogen) atoms. The molecular formula is C13H20N2S.